The Morgan fingerprint density at radius 2 is 1.76 bits per heavy atom. The lowest BCUT2D eigenvalue weighted by molar-refractivity contribution is 0.0950. The number of amides is 1. The second kappa shape index (κ2) is 7.47. The SMILES string of the molecule is CN(C)S(=O)(=O)c1ccccc1CNC(=O)c1cc(F)c(F)cc1Cl. The Morgan fingerprint density at radius 1 is 1.16 bits per heavy atom. The summed E-state index contributed by atoms with van der Waals surface area (Å²) in [6.07, 6.45) is 0. The number of halogens is 3. The van der Waals surface area contributed by atoms with E-state index in [0.717, 1.165) is 4.31 Å². The number of sulfonamides is 1. The van der Waals surface area contributed by atoms with Crippen molar-refractivity contribution in [3.63, 3.8) is 0 Å². The lowest BCUT2D eigenvalue weighted by atomic mass is 10.2. The number of nitrogens with one attached hydrogen (secondary N) is 1. The van der Waals surface area contributed by atoms with E-state index in [-0.39, 0.29) is 22.0 Å². The predicted octanol–water partition coefficient (Wildman–Crippen LogP) is 2.80. The van der Waals surface area contributed by atoms with Crippen molar-refractivity contribution in [2.24, 2.45) is 0 Å². The first-order chi connectivity index (χ1) is 11.6. The molecule has 0 aliphatic heterocycles. The van der Waals surface area contributed by atoms with Gasteiger partial charge < -0.3 is 5.32 Å². The summed E-state index contributed by atoms with van der Waals surface area (Å²) in [5, 5.41) is 2.21. The van der Waals surface area contributed by atoms with Gasteiger partial charge in [-0.05, 0) is 23.8 Å². The van der Waals surface area contributed by atoms with Crippen LogP contribution >= 0.6 is 11.6 Å². The van der Waals surface area contributed by atoms with Gasteiger partial charge in [-0.2, -0.15) is 0 Å². The summed E-state index contributed by atoms with van der Waals surface area (Å²) in [4.78, 5) is 12.2. The van der Waals surface area contributed by atoms with Crippen molar-refractivity contribution >= 4 is 27.5 Å². The Balaban J connectivity index is 2.26. The number of hydrogen-bond acceptors (Lipinski definition) is 3. The molecule has 0 bridgehead atoms. The molecule has 0 saturated carbocycles. The largest absolute Gasteiger partial charge is 0.348 e. The topological polar surface area (TPSA) is 66.5 Å². The molecule has 25 heavy (non-hydrogen) atoms. The highest BCUT2D eigenvalue weighted by molar-refractivity contribution is 7.89. The van der Waals surface area contributed by atoms with Gasteiger partial charge in [0.25, 0.3) is 5.91 Å². The Bertz CT molecular complexity index is 918. The van der Waals surface area contributed by atoms with E-state index < -0.39 is 27.6 Å². The van der Waals surface area contributed by atoms with Crippen molar-refractivity contribution in [1.29, 1.82) is 0 Å². The third-order valence-electron chi connectivity index (χ3n) is 3.43. The third kappa shape index (κ3) is 4.15. The molecule has 0 aliphatic rings. The zero-order valence-electron chi connectivity index (χ0n) is 13.4. The van der Waals surface area contributed by atoms with Crippen LogP contribution in [0.25, 0.3) is 0 Å². The van der Waals surface area contributed by atoms with Crippen molar-refractivity contribution in [3.05, 3.63) is 64.2 Å². The summed E-state index contributed by atoms with van der Waals surface area (Å²) in [7, 11) is -0.905. The fourth-order valence-electron chi connectivity index (χ4n) is 2.07. The van der Waals surface area contributed by atoms with Gasteiger partial charge in [0.15, 0.2) is 11.6 Å². The third-order valence-corrected chi connectivity index (χ3v) is 5.65. The van der Waals surface area contributed by atoms with Crippen LogP contribution in [0.15, 0.2) is 41.3 Å². The maximum Gasteiger partial charge on any atom is 0.253 e. The standard InChI is InChI=1S/C16H15ClF2N2O3S/c1-21(2)25(23,24)15-6-4-3-5-10(15)9-20-16(22)11-7-13(18)14(19)8-12(11)17/h3-8H,9H2,1-2H3,(H,20,22). The van der Waals surface area contributed by atoms with Crippen LogP contribution in [0.1, 0.15) is 15.9 Å². The van der Waals surface area contributed by atoms with E-state index >= 15 is 0 Å². The highest BCUT2D eigenvalue weighted by atomic mass is 35.5. The summed E-state index contributed by atoms with van der Waals surface area (Å²) in [6.45, 7) is -0.128. The molecular weight excluding hydrogens is 374 g/mol. The van der Waals surface area contributed by atoms with Crippen LogP contribution in [-0.2, 0) is 16.6 Å². The van der Waals surface area contributed by atoms with Crippen molar-refractivity contribution in [2.75, 3.05) is 14.1 Å². The molecule has 1 N–H and O–H groups in total. The average molecular weight is 389 g/mol. The van der Waals surface area contributed by atoms with Gasteiger partial charge in [0, 0.05) is 20.6 Å². The number of hydrogen-bond donors (Lipinski definition) is 1. The summed E-state index contributed by atoms with van der Waals surface area (Å²) in [6, 6.07) is 7.55. The highest BCUT2D eigenvalue weighted by Gasteiger charge is 2.21. The molecule has 0 fully saturated rings. The van der Waals surface area contributed by atoms with E-state index in [4.69, 9.17) is 11.6 Å². The lowest BCUT2D eigenvalue weighted by Crippen LogP contribution is -2.27. The first-order valence-electron chi connectivity index (χ1n) is 7.07. The molecule has 2 aromatic carbocycles. The maximum atomic E-state index is 13.3. The maximum absolute atomic E-state index is 13.3. The molecule has 0 saturated heterocycles. The molecule has 0 aliphatic carbocycles. The molecule has 0 radical (unpaired) electrons. The first kappa shape index (κ1) is 19.3. The fraction of sp³-hybridized carbons (Fsp3) is 0.188. The summed E-state index contributed by atoms with van der Waals surface area (Å²) >= 11 is 5.75. The Labute approximate surface area is 149 Å². The van der Waals surface area contributed by atoms with Crippen LogP contribution in [0, 0.1) is 11.6 Å². The Hall–Kier alpha value is -2.03. The van der Waals surface area contributed by atoms with Crippen molar-refractivity contribution in [2.45, 2.75) is 11.4 Å². The smallest absolute Gasteiger partial charge is 0.253 e. The molecular formula is C16H15ClF2N2O3S. The van der Waals surface area contributed by atoms with Crippen LogP contribution < -0.4 is 5.32 Å². The van der Waals surface area contributed by atoms with Gasteiger partial charge in [0.05, 0.1) is 15.5 Å². The second-order valence-corrected chi connectivity index (χ2v) is 7.85. The number of benzene rings is 2. The van der Waals surface area contributed by atoms with Crippen LogP contribution in [0.5, 0.6) is 0 Å². The molecule has 5 nitrogen and oxygen atoms in total. The fourth-order valence-corrected chi connectivity index (χ4v) is 3.42. The Kier molecular flexibility index (Phi) is 5.76. The van der Waals surface area contributed by atoms with Crippen LogP contribution in [-0.4, -0.2) is 32.7 Å². The number of carbonyl (C=O) groups excluding carboxylic acids is 1. The average Bonchev–Trinajstić information content (AvgIpc) is 2.56. The van der Waals surface area contributed by atoms with Crippen molar-refractivity contribution in [3.8, 4) is 0 Å². The van der Waals surface area contributed by atoms with E-state index in [1.54, 1.807) is 18.2 Å². The van der Waals surface area contributed by atoms with Gasteiger partial charge >= 0.3 is 0 Å². The summed E-state index contributed by atoms with van der Waals surface area (Å²) in [5.41, 5.74) is 0.108. The molecule has 0 spiro atoms. The molecule has 9 heteroatoms. The van der Waals surface area contributed by atoms with E-state index in [1.165, 1.54) is 20.2 Å². The van der Waals surface area contributed by atoms with Crippen molar-refractivity contribution in [1.82, 2.24) is 9.62 Å². The molecule has 2 aromatic rings. The minimum atomic E-state index is -3.69. The van der Waals surface area contributed by atoms with E-state index in [2.05, 4.69) is 5.32 Å². The zero-order valence-corrected chi connectivity index (χ0v) is 15.0. The minimum Gasteiger partial charge on any atom is -0.348 e. The van der Waals surface area contributed by atoms with Crippen LogP contribution in [0.3, 0.4) is 0 Å². The quantitative estimate of drug-likeness (QED) is 0.801. The molecule has 0 aromatic heterocycles. The van der Waals surface area contributed by atoms with E-state index in [1.807, 2.05) is 0 Å². The Morgan fingerprint density at radius 3 is 2.40 bits per heavy atom. The van der Waals surface area contributed by atoms with Crippen LogP contribution in [0.4, 0.5) is 8.78 Å². The lowest BCUT2D eigenvalue weighted by Gasteiger charge is -2.15. The van der Waals surface area contributed by atoms with Gasteiger partial charge in [0.2, 0.25) is 10.0 Å². The summed E-state index contributed by atoms with van der Waals surface area (Å²) in [5.74, 6) is -3.12. The summed E-state index contributed by atoms with van der Waals surface area (Å²) < 4.78 is 52.0. The number of carbonyl (C=O) groups is 1. The van der Waals surface area contributed by atoms with Crippen LogP contribution in [0.2, 0.25) is 5.02 Å². The van der Waals surface area contributed by atoms with Gasteiger partial charge in [-0.15, -0.1) is 0 Å². The predicted molar refractivity (Wildman–Crippen MR) is 89.9 cm³/mol. The van der Waals surface area contributed by atoms with Gasteiger partial charge in [-0.25, -0.2) is 21.5 Å². The van der Waals surface area contributed by atoms with E-state index in [0.29, 0.717) is 17.7 Å². The molecule has 2 rings (SSSR count). The zero-order chi connectivity index (χ0) is 18.8. The second-order valence-electron chi connectivity index (χ2n) is 5.32. The minimum absolute atomic E-state index is 0.0386. The normalized spacial score (nSPS) is 11.6. The monoisotopic (exact) mass is 388 g/mol. The molecule has 0 unspecified atom stereocenters. The molecule has 134 valence electrons. The van der Waals surface area contributed by atoms with Gasteiger partial charge in [-0.1, -0.05) is 29.8 Å². The number of rotatable bonds is 5. The highest BCUT2D eigenvalue weighted by Crippen LogP contribution is 2.21. The molecule has 0 atom stereocenters. The molecule has 1 amide bonds. The van der Waals surface area contributed by atoms with Crippen molar-refractivity contribution < 1.29 is 22.0 Å². The first-order valence-corrected chi connectivity index (χ1v) is 8.89. The number of nitrogens with zero attached hydrogens (tertiary/aromatic N) is 1. The van der Waals surface area contributed by atoms with Gasteiger partial charge in [0.1, 0.15) is 0 Å². The molecule has 0 heterocycles. The van der Waals surface area contributed by atoms with E-state index in [9.17, 15) is 22.0 Å². The van der Waals surface area contributed by atoms with Gasteiger partial charge in [-0.3, -0.25) is 4.79 Å².